The third-order valence-corrected chi connectivity index (χ3v) is 2.12. The average molecular weight is 182 g/mol. The summed E-state index contributed by atoms with van der Waals surface area (Å²) in [5.74, 6) is 0.123. The van der Waals surface area contributed by atoms with Gasteiger partial charge >= 0.3 is 0 Å². The minimum atomic E-state index is -0.240. The molecule has 1 atom stereocenters. The lowest BCUT2D eigenvalue weighted by molar-refractivity contribution is 0.423. The lowest BCUT2D eigenvalue weighted by atomic mass is 9.97. The first-order chi connectivity index (χ1) is 6.16. The van der Waals surface area contributed by atoms with E-state index in [1.807, 2.05) is 7.05 Å². The van der Waals surface area contributed by atoms with Gasteiger partial charge in [0, 0.05) is 17.8 Å². The zero-order chi connectivity index (χ0) is 9.84. The Morgan fingerprint density at radius 2 is 2.15 bits per heavy atom. The lowest BCUT2D eigenvalue weighted by Crippen LogP contribution is -2.22. The first kappa shape index (κ1) is 10.1. The molecule has 1 heterocycles. The highest BCUT2D eigenvalue weighted by Gasteiger charge is 2.16. The Balaban J connectivity index is 2.97. The second-order valence-corrected chi connectivity index (χ2v) is 3.41. The Morgan fingerprint density at radius 1 is 1.46 bits per heavy atom. The second kappa shape index (κ2) is 4.33. The molecule has 72 valence electrons. The fraction of sp³-hybridized carbons (Fsp3) is 0.500. The SMILES string of the molecule is CNC(c1ccncc1F)C(C)C. The molecule has 0 bridgehead atoms. The van der Waals surface area contributed by atoms with Crippen LogP contribution in [0.1, 0.15) is 25.5 Å². The second-order valence-electron chi connectivity index (χ2n) is 3.41. The van der Waals surface area contributed by atoms with Gasteiger partial charge in [-0.1, -0.05) is 13.8 Å². The topological polar surface area (TPSA) is 24.9 Å². The van der Waals surface area contributed by atoms with Crippen LogP contribution in [0.25, 0.3) is 0 Å². The van der Waals surface area contributed by atoms with Gasteiger partial charge in [-0.2, -0.15) is 0 Å². The molecule has 3 heteroatoms. The van der Waals surface area contributed by atoms with Crippen LogP contribution in [0.3, 0.4) is 0 Å². The molecule has 0 spiro atoms. The first-order valence-corrected chi connectivity index (χ1v) is 4.43. The third kappa shape index (κ3) is 2.25. The van der Waals surface area contributed by atoms with Gasteiger partial charge in [0.15, 0.2) is 0 Å². The molecule has 0 aromatic carbocycles. The molecule has 1 rings (SSSR count). The van der Waals surface area contributed by atoms with Gasteiger partial charge in [-0.3, -0.25) is 4.98 Å². The number of nitrogens with one attached hydrogen (secondary N) is 1. The molecule has 1 aromatic rings. The molecular formula is C10H15FN2. The largest absolute Gasteiger partial charge is 0.313 e. The predicted molar refractivity (Wildman–Crippen MR) is 50.8 cm³/mol. The highest BCUT2D eigenvalue weighted by atomic mass is 19.1. The first-order valence-electron chi connectivity index (χ1n) is 4.43. The van der Waals surface area contributed by atoms with Gasteiger partial charge in [0.2, 0.25) is 0 Å². The number of halogens is 1. The zero-order valence-corrected chi connectivity index (χ0v) is 8.21. The van der Waals surface area contributed by atoms with E-state index in [4.69, 9.17) is 0 Å². The molecule has 1 aromatic heterocycles. The van der Waals surface area contributed by atoms with Crippen molar-refractivity contribution in [3.63, 3.8) is 0 Å². The van der Waals surface area contributed by atoms with Crippen LogP contribution in [-0.4, -0.2) is 12.0 Å². The van der Waals surface area contributed by atoms with Crippen LogP contribution in [-0.2, 0) is 0 Å². The summed E-state index contributed by atoms with van der Waals surface area (Å²) in [6, 6.07) is 1.78. The molecule has 0 aliphatic carbocycles. The average Bonchev–Trinajstić information content (AvgIpc) is 2.09. The molecule has 0 aliphatic heterocycles. The van der Waals surface area contributed by atoms with Crippen molar-refractivity contribution in [3.05, 3.63) is 29.8 Å². The maximum atomic E-state index is 13.3. The van der Waals surface area contributed by atoms with Gasteiger partial charge in [0.1, 0.15) is 5.82 Å². The van der Waals surface area contributed by atoms with Crippen molar-refractivity contribution >= 4 is 0 Å². The van der Waals surface area contributed by atoms with E-state index in [9.17, 15) is 4.39 Å². The minimum absolute atomic E-state index is 0.0583. The van der Waals surface area contributed by atoms with E-state index in [1.54, 1.807) is 12.3 Å². The van der Waals surface area contributed by atoms with E-state index in [1.165, 1.54) is 6.20 Å². The maximum Gasteiger partial charge on any atom is 0.146 e. The molecule has 0 aliphatic rings. The smallest absolute Gasteiger partial charge is 0.146 e. The molecule has 0 radical (unpaired) electrons. The molecule has 2 nitrogen and oxygen atoms in total. The number of aromatic nitrogens is 1. The molecular weight excluding hydrogens is 167 g/mol. The molecule has 13 heavy (non-hydrogen) atoms. The molecule has 1 unspecified atom stereocenters. The molecule has 1 N–H and O–H groups in total. The summed E-state index contributed by atoms with van der Waals surface area (Å²) >= 11 is 0. The number of pyridine rings is 1. The molecule has 0 fully saturated rings. The van der Waals surface area contributed by atoms with Crippen molar-refractivity contribution in [3.8, 4) is 0 Å². The van der Waals surface area contributed by atoms with Crippen LogP contribution in [0.5, 0.6) is 0 Å². The van der Waals surface area contributed by atoms with E-state index in [0.717, 1.165) is 0 Å². The fourth-order valence-electron chi connectivity index (χ4n) is 1.49. The van der Waals surface area contributed by atoms with Crippen LogP contribution in [0.4, 0.5) is 4.39 Å². The summed E-state index contributed by atoms with van der Waals surface area (Å²) in [7, 11) is 1.84. The van der Waals surface area contributed by atoms with Crippen molar-refractivity contribution in [1.82, 2.24) is 10.3 Å². The predicted octanol–water partition coefficient (Wildman–Crippen LogP) is 2.14. The van der Waals surface area contributed by atoms with E-state index < -0.39 is 0 Å². The van der Waals surface area contributed by atoms with Gasteiger partial charge in [-0.05, 0) is 19.0 Å². The third-order valence-electron chi connectivity index (χ3n) is 2.12. The summed E-state index contributed by atoms with van der Waals surface area (Å²) in [5.41, 5.74) is 0.688. The van der Waals surface area contributed by atoms with Crippen molar-refractivity contribution < 1.29 is 4.39 Å². The van der Waals surface area contributed by atoms with Crippen molar-refractivity contribution in [2.75, 3.05) is 7.05 Å². The Bertz CT molecular complexity index is 273. The maximum absolute atomic E-state index is 13.3. The van der Waals surface area contributed by atoms with Crippen LogP contribution in [0, 0.1) is 11.7 Å². The number of hydrogen-bond donors (Lipinski definition) is 1. The number of hydrogen-bond acceptors (Lipinski definition) is 2. The highest BCUT2D eigenvalue weighted by molar-refractivity contribution is 5.17. The summed E-state index contributed by atoms with van der Waals surface area (Å²) in [5, 5.41) is 3.09. The van der Waals surface area contributed by atoms with Gasteiger partial charge in [-0.15, -0.1) is 0 Å². The van der Waals surface area contributed by atoms with E-state index in [0.29, 0.717) is 11.5 Å². The van der Waals surface area contributed by atoms with Crippen molar-refractivity contribution in [2.24, 2.45) is 5.92 Å². The quantitative estimate of drug-likeness (QED) is 0.774. The summed E-state index contributed by atoms with van der Waals surface area (Å²) in [4.78, 5) is 3.72. The monoisotopic (exact) mass is 182 g/mol. The fourth-order valence-corrected chi connectivity index (χ4v) is 1.49. The Morgan fingerprint density at radius 3 is 2.62 bits per heavy atom. The van der Waals surface area contributed by atoms with Crippen LogP contribution < -0.4 is 5.32 Å². The lowest BCUT2D eigenvalue weighted by Gasteiger charge is -2.20. The Hall–Kier alpha value is -0.960. The Kier molecular flexibility index (Phi) is 3.37. The van der Waals surface area contributed by atoms with Gasteiger partial charge in [0.25, 0.3) is 0 Å². The number of nitrogens with zero attached hydrogens (tertiary/aromatic N) is 1. The molecule has 0 saturated carbocycles. The van der Waals surface area contributed by atoms with E-state index >= 15 is 0 Å². The summed E-state index contributed by atoms with van der Waals surface area (Å²) in [6.45, 7) is 4.11. The molecule has 0 amide bonds. The van der Waals surface area contributed by atoms with Crippen LogP contribution >= 0.6 is 0 Å². The van der Waals surface area contributed by atoms with E-state index in [-0.39, 0.29) is 11.9 Å². The number of rotatable bonds is 3. The standard InChI is InChI=1S/C10H15FN2/c1-7(2)10(12-3)8-4-5-13-6-9(8)11/h4-7,10,12H,1-3H3. The normalized spacial score (nSPS) is 13.3. The van der Waals surface area contributed by atoms with Gasteiger partial charge < -0.3 is 5.32 Å². The van der Waals surface area contributed by atoms with Crippen LogP contribution in [0.2, 0.25) is 0 Å². The zero-order valence-electron chi connectivity index (χ0n) is 8.21. The van der Waals surface area contributed by atoms with Gasteiger partial charge in [0.05, 0.1) is 6.20 Å². The van der Waals surface area contributed by atoms with Crippen molar-refractivity contribution in [1.29, 1.82) is 0 Å². The minimum Gasteiger partial charge on any atom is -0.313 e. The van der Waals surface area contributed by atoms with Gasteiger partial charge in [-0.25, -0.2) is 4.39 Å². The van der Waals surface area contributed by atoms with Crippen molar-refractivity contribution in [2.45, 2.75) is 19.9 Å². The highest BCUT2D eigenvalue weighted by Crippen LogP contribution is 2.22. The molecule has 0 saturated heterocycles. The summed E-state index contributed by atoms with van der Waals surface area (Å²) < 4.78 is 13.3. The van der Waals surface area contributed by atoms with E-state index in [2.05, 4.69) is 24.1 Å². The summed E-state index contributed by atoms with van der Waals surface area (Å²) in [6.07, 6.45) is 2.87. The Labute approximate surface area is 78.2 Å². The van der Waals surface area contributed by atoms with Crippen LogP contribution in [0.15, 0.2) is 18.5 Å².